The molecule has 0 aromatic carbocycles. The van der Waals surface area contributed by atoms with Crippen LogP contribution in [0.4, 0.5) is 16.2 Å². The molecule has 2 rings (SSSR count). The van der Waals surface area contributed by atoms with E-state index < -0.39 is 11.0 Å². The Morgan fingerprint density at radius 2 is 2.32 bits per heavy atom. The Labute approximate surface area is 126 Å². The van der Waals surface area contributed by atoms with Gasteiger partial charge in [0.25, 0.3) is 0 Å². The first-order chi connectivity index (χ1) is 10.4. The molecule has 1 fully saturated rings. The normalized spacial score (nSPS) is 21.2. The van der Waals surface area contributed by atoms with Gasteiger partial charge in [0.2, 0.25) is 0 Å². The van der Waals surface area contributed by atoms with Crippen LogP contribution >= 0.6 is 0 Å². The fourth-order valence-electron chi connectivity index (χ4n) is 2.74. The van der Waals surface area contributed by atoms with Crippen molar-refractivity contribution in [3.05, 3.63) is 28.1 Å². The molecule has 9 nitrogen and oxygen atoms in total. The van der Waals surface area contributed by atoms with Crippen LogP contribution in [0.15, 0.2) is 12.3 Å². The first-order valence-corrected chi connectivity index (χ1v) is 6.74. The van der Waals surface area contributed by atoms with Crippen molar-refractivity contribution in [3.8, 4) is 0 Å². The van der Waals surface area contributed by atoms with Crippen molar-refractivity contribution in [2.75, 3.05) is 18.0 Å². The second-order valence-corrected chi connectivity index (χ2v) is 5.37. The van der Waals surface area contributed by atoms with E-state index in [0.717, 1.165) is 6.20 Å². The Morgan fingerprint density at radius 3 is 2.91 bits per heavy atom. The van der Waals surface area contributed by atoms with Crippen LogP contribution in [0.2, 0.25) is 0 Å². The van der Waals surface area contributed by atoms with E-state index >= 15 is 0 Å². The third-order valence-corrected chi connectivity index (χ3v) is 3.53. The Hall–Kier alpha value is -2.71. The van der Waals surface area contributed by atoms with Gasteiger partial charge >= 0.3 is 11.8 Å². The van der Waals surface area contributed by atoms with Gasteiger partial charge < -0.3 is 15.3 Å². The monoisotopic (exact) mass is 308 g/mol. The summed E-state index contributed by atoms with van der Waals surface area (Å²) in [5, 5.41) is 22.4. The number of hydrogen-bond acceptors (Lipinski definition) is 6. The zero-order valence-electron chi connectivity index (χ0n) is 11.9. The average Bonchev–Trinajstić information content (AvgIpc) is 2.45. The summed E-state index contributed by atoms with van der Waals surface area (Å²) in [6, 6.07) is 1.04. The molecule has 1 aromatic heterocycles. The van der Waals surface area contributed by atoms with Crippen LogP contribution in [0.1, 0.15) is 23.8 Å². The Morgan fingerprint density at radius 1 is 1.59 bits per heavy atom. The zero-order valence-corrected chi connectivity index (χ0v) is 11.9. The van der Waals surface area contributed by atoms with Crippen molar-refractivity contribution < 1.29 is 19.6 Å². The third-order valence-electron chi connectivity index (χ3n) is 3.53. The number of nitro groups is 1. The maximum Gasteiger partial charge on any atom is 0.404 e. The van der Waals surface area contributed by atoms with Gasteiger partial charge in [0.05, 0.1) is 4.92 Å². The quantitative estimate of drug-likeness (QED) is 0.487. The number of anilines is 1. The number of nitrogens with zero attached hydrogens (tertiary/aromatic N) is 3. The van der Waals surface area contributed by atoms with Crippen molar-refractivity contribution >= 4 is 23.8 Å². The number of nitrogens with one attached hydrogen (secondary N) is 1. The first kappa shape index (κ1) is 15.7. The fourth-order valence-corrected chi connectivity index (χ4v) is 2.74. The van der Waals surface area contributed by atoms with Crippen LogP contribution in [0, 0.1) is 16.0 Å². The van der Waals surface area contributed by atoms with E-state index in [2.05, 4.69) is 10.3 Å². The van der Waals surface area contributed by atoms with E-state index in [9.17, 15) is 19.7 Å². The molecule has 1 saturated heterocycles. The maximum atomic E-state index is 11.1. The number of amides is 1. The van der Waals surface area contributed by atoms with Gasteiger partial charge in [-0.1, -0.05) is 6.92 Å². The van der Waals surface area contributed by atoms with Crippen LogP contribution in [0.3, 0.4) is 0 Å². The minimum Gasteiger partial charge on any atom is -0.465 e. The van der Waals surface area contributed by atoms with Crippen molar-refractivity contribution in [3.63, 3.8) is 0 Å². The summed E-state index contributed by atoms with van der Waals surface area (Å²) in [7, 11) is 0. The van der Waals surface area contributed by atoms with E-state index in [1.807, 2.05) is 6.92 Å². The van der Waals surface area contributed by atoms with E-state index in [1.165, 1.54) is 6.07 Å². The lowest BCUT2D eigenvalue weighted by Gasteiger charge is -2.37. The average molecular weight is 308 g/mol. The lowest BCUT2D eigenvalue weighted by atomic mass is 9.95. The third kappa shape index (κ3) is 3.48. The van der Waals surface area contributed by atoms with Gasteiger partial charge in [0.15, 0.2) is 6.29 Å². The molecule has 118 valence electrons. The van der Waals surface area contributed by atoms with Crippen LogP contribution in [-0.2, 0) is 0 Å². The molecule has 1 aromatic rings. The summed E-state index contributed by atoms with van der Waals surface area (Å²) in [6.45, 7) is 2.79. The lowest BCUT2D eigenvalue weighted by Crippen LogP contribution is -2.50. The second kappa shape index (κ2) is 6.37. The molecule has 1 aliphatic rings. The second-order valence-electron chi connectivity index (χ2n) is 5.37. The van der Waals surface area contributed by atoms with Gasteiger partial charge in [-0.05, 0) is 18.4 Å². The minimum absolute atomic E-state index is 0.0987. The number of piperidine rings is 1. The van der Waals surface area contributed by atoms with Gasteiger partial charge in [0, 0.05) is 19.1 Å². The molecule has 0 unspecified atom stereocenters. The first-order valence-electron chi connectivity index (χ1n) is 6.74. The van der Waals surface area contributed by atoms with Gasteiger partial charge in [0.1, 0.15) is 17.6 Å². The highest BCUT2D eigenvalue weighted by atomic mass is 16.6. The molecule has 22 heavy (non-hydrogen) atoms. The highest BCUT2D eigenvalue weighted by Crippen LogP contribution is 2.31. The topological polar surface area (TPSA) is 126 Å². The van der Waals surface area contributed by atoms with Crippen LogP contribution in [-0.4, -0.2) is 46.5 Å². The largest absolute Gasteiger partial charge is 0.465 e. The highest BCUT2D eigenvalue weighted by Gasteiger charge is 2.30. The summed E-state index contributed by atoms with van der Waals surface area (Å²) < 4.78 is 0. The minimum atomic E-state index is -1.13. The number of carboxylic acid groups (broad SMARTS) is 1. The number of aldehydes is 1. The molecule has 0 bridgehead atoms. The zero-order chi connectivity index (χ0) is 16.3. The predicted octanol–water partition coefficient (Wildman–Crippen LogP) is 1.28. The van der Waals surface area contributed by atoms with Gasteiger partial charge in [-0.2, -0.15) is 0 Å². The van der Waals surface area contributed by atoms with Crippen molar-refractivity contribution in [1.29, 1.82) is 0 Å². The summed E-state index contributed by atoms with van der Waals surface area (Å²) in [4.78, 5) is 37.7. The molecular weight excluding hydrogens is 292 g/mol. The van der Waals surface area contributed by atoms with Crippen molar-refractivity contribution in [1.82, 2.24) is 10.3 Å². The highest BCUT2D eigenvalue weighted by molar-refractivity contribution is 5.77. The summed E-state index contributed by atoms with van der Waals surface area (Å²) in [5.41, 5.74) is 0.182. The number of carbonyl (C=O) groups excluding carboxylic acids is 1. The lowest BCUT2D eigenvalue weighted by molar-refractivity contribution is -0.384. The van der Waals surface area contributed by atoms with Crippen LogP contribution in [0.5, 0.6) is 0 Å². The van der Waals surface area contributed by atoms with Gasteiger partial charge in [-0.15, -0.1) is 0 Å². The van der Waals surface area contributed by atoms with E-state index in [4.69, 9.17) is 5.11 Å². The standard InChI is InChI=1S/C13H16N4O5/c1-8-2-9(15-13(19)20)6-16(5-8)11-3-10(7-18)14-4-12(11)17(21)22/h3-4,7-9,15H,2,5-6H2,1H3,(H,19,20)/t8-,9+/m1/s1. The number of pyridine rings is 1. The fraction of sp³-hybridized carbons (Fsp3) is 0.462. The summed E-state index contributed by atoms with van der Waals surface area (Å²) in [5.74, 6) is 0.151. The van der Waals surface area contributed by atoms with Gasteiger partial charge in [-0.3, -0.25) is 14.9 Å². The Kier molecular flexibility index (Phi) is 4.54. The Balaban J connectivity index is 2.34. The van der Waals surface area contributed by atoms with Crippen LogP contribution in [0.25, 0.3) is 0 Å². The smallest absolute Gasteiger partial charge is 0.404 e. The number of rotatable bonds is 4. The van der Waals surface area contributed by atoms with Gasteiger partial charge in [-0.25, -0.2) is 9.78 Å². The number of hydrogen-bond donors (Lipinski definition) is 2. The maximum absolute atomic E-state index is 11.1. The van der Waals surface area contributed by atoms with E-state index in [1.54, 1.807) is 4.90 Å². The molecule has 2 heterocycles. The number of carbonyl (C=O) groups is 2. The predicted molar refractivity (Wildman–Crippen MR) is 77.2 cm³/mol. The number of aromatic nitrogens is 1. The molecule has 2 atom stereocenters. The molecule has 0 saturated carbocycles. The van der Waals surface area contributed by atoms with E-state index in [-0.39, 0.29) is 29.0 Å². The molecule has 2 N–H and O–H groups in total. The molecule has 0 spiro atoms. The van der Waals surface area contributed by atoms with Crippen molar-refractivity contribution in [2.45, 2.75) is 19.4 Å². The Bertz CT molecular complexity index is 606. The summed E-state index contributed by atoms with van der Waals surface area (Å²) in [6.07, 6.45) is 1.10. The van der Waals surface area contributed by atoms with E-state index in [0.29, 0.717) is 25.8 Å². The molecule has 1 aliphatic heterocycles. The molecule has 9 heteroatoms. The van der Waals surface area contributed by atoms with Crippen molar-refractivity contribution in [2.24, 2.45) is 5.92 Å². The SMILES string of the molecule is C[C@@H]1C[C@H](NC(=O)O)CN(c2cc(C=O)ncc2[N+](=O)[O-])C1. The molecular formula is C13H16N4O5. The molecule has 0 aliphatic carbocycles. The summed E-state index contributed by atoms with van der Waals surface area (Å²) >= 11 is 0. The molecule has 1 amide bonds. The van der Waals surface area contributed by atoms with Crippen LogP contribution < -0.4 is 10.2 Å². The molecule has 0 radical (unpaired) electrons.